The van der Waals surface area contributed by atoms with Crippen LogP contribution in [-0.4, -0.2) is 72.2 Å². The molecule has 2 fully saturated rings. The SMILES string of the molecule is COc1cccc(/C=N\C2OC3COC(C)OC3C(O)C2O)c1O. The van der Waals surface area contributed by atoms with Crippen LogP contribution in [0.5, 0.6) is 11.5 Å². The molecule has 1 aromatic rings. The number of aliphatic imine (C=N–C) groups is 1. The number of phenols is 1. The lowest BCUT2D eigenvalue weighted by Crippen LogP contribution is -2.62. The Hall–Kier alpha value is -1.71. The van der Waals surface area contributed by atoms with Crippen LogP contribution in [0.15, 0.2) is 23.2 Å². The summed E-state index contributed by atoms with van der Waals surface area (Å²) >= 11 is 0. The van der Waals surface area contributed by atoms with Crippen molar-refractivity contribution >= 4 is 6.21 Å². The van der Waals surface area contributed by atoms with Gasteiger partial charge < -0.3 is 34.3 Å². The molecule has 0 radical (unpaired) electrons. The van der Waals surface area contributed by atoms with Gasteiger partial charge in [-0.15, -0.1) is 0 Å². The van der Waals surface area contributed by atoms with Crippen molar-refractivity contribution < 1.29 is 34.3 Å². The minimum atomic E-state index is -1.25. The van der Waals surface area contributed by atoms with Gasteiger partial charge in [0.1, 0.15) is 24.4 Å². The summed E-state index contributed by atoms with van der Waals surface area (Å²) in [7, 11) is 1.45. The van der Waals surface area contributed by atoms with E-state index in [0.717, 1.165) is 0 Å². The van der Waals surface area contributed by atoms with E-state index in [0.29, 0.717) is 11.3 Å². The molecule has 0 aromatic heterocycles. The van der Waals surface area contributed by atoms with Crippen molar-refractivity contribution in [2.24, 2.45) is 4.99 Å². The summed E-state index contributed by atoms with van der Waals surface area (Å²) < 4.78 is 21.5. The van der Waals surface area contributed by atoms with Gasteiger partial charge in [-0.1, -0.05) is 6.07 Å². The molecular weight excluding hydrogens is 318 g/mol. The summed E-state index contributed by atoms with van der Waals surface area (Å²) in [5, 5.41) is 30.5. The molecule has 0 aliphatic carbocycles. The van der Waals surface area contributed by atoms with Crippen LogP contribution in [0.25, 0.3) is 0 Å². The smallest absolute Gasteiger partial charge is 0.177 e. The van der Waals surface area contributed by atoms with E-state index in [1.54, 1.807) is 25.1 Å². The lowest BCUT2D eigenvalue weighted by molar-refractivity contribution is -0.319. The normalized spacial score (nSPS) is 36.5. The predicted molar refractivity (Wildman–Crippen MR) is 83.2 cm³/mol. The van der Waals surface area contributed by atoms with Gasteiger partial charge in [-0.2, -0.15) is 0 Å². The highest BCUT2D eigenvalue weighted by Crippen LogP contribution is 2.30. The van der Waals surface area contributed by atoms with Crippen molar-refractivity contribution in [3.05, 3.63) is 23.8 Å². The zero-order chi connectivity index (χ0) is 17.3. The largest absolute Gasteiger partial charge is 0.504 e. The monoisotopic (exact) mass is 339 g/mol. The number of nitrogens with zero attached hydrogens (tertiary/aromatic N) is 1. The minimum Gasteiger partial charge on any atom is -0.504 e. The molecule has 8 nitrogen and oxygen atoms in total. The zero-order valence-corrected chi connectivity index (χ0v) is 13.4. The first-order valence-electron chi connectivity index (χ1n) is 7.69. The third-order valence-electron chi connectivity index (χ3n) is 4.11. The Morgan fingerprint density at radius 3 is 2.79 bits per heavy atom. The van der Waals surface area contributed by atoms with Gasteiger partial charge >= 0.3 is 0 Å². The zero-order valence-electron chi connectivity index (χ0n) is 13.4. The van der Waals surface area contributed by atoms with E-state index in [2.05, 4.69) is 4.99 Å². The number of para-hydroxylation sites is 1. The average Bonchev–Trinajstić information content (AvgIpc) is 2.58. The second-order valence-corrected chi connectivity index (χ2v) is 5.72. The Balaban J connectivity index is 1.76. The highest BCUT2D eigenvalue weighted by molar-refractivity contribution is 5.84. The summed E-state index contributed by atoms with van der Waals surface area (Å²) in [5.41, 5.74) is 0.409. The molecular formula is C16H21NO7. The first-order chi connectivity index (χ1) is 11.5. The summed E-state index contributed by atoms with van der Waals surface area (Å²) in [6.45, 7) is 1.96. The van der Waals surface area contributed by atoms with Crippen molar-refractivity contribution in [2.75, 3.05) is 13.7 Å². The second-order valence-electron chi connectivity index (χ2n) is 5.72. The molecule has 132 valence electrons. The van der Waals surface area contributed by atoms with Gasteiger partial charge in [0.2, 0.25) is 0 Å². The molecule has 0 spiro atoms. The standard InChI is InChI=1S/C16H21NO7/c1-8-22-7-11-15(23-8)13(19)14(20)16(24-11)17-6-9-4-3-5-10(21-2)12(9)18/h3-6,8,11,13-16,18-20H,7H2,1-2H3/b17-6-. The fourth-order valence-corrected chi connectivity index (χ4v) is 2.80. The third kappa shape index (κ3) is 3.24. The quantitative estimate of drug-likeness (QED) is 0.666. The molecule has 8 heteroatoms. The number of rotatable bonds is 3. The van der Waals surface area contributed by atoms with Crippen molar-refractivity contribution in [3.63, 3.8) is 0 Å². The molecule has 0 saturated carbocycles. The van der Waals surface area contributed by atoms with Crippen LogP contribution in [0.3, 0.4) is 0 Å². The molecule has 2 saturated heterocycles. The Morgan fingerprint density at radius 2 is 2.04 bits per heavy atom. The Labute approximate surface area is 139 Å². The fourth-order valence-electron chi connectivity index (χ4n) is 2.80. The summed E-state index contributed by atoms with van der Waals surface area (Å²) in [4.78, 5) is 4.15. The van der Waals surface area contributed by atoms with E-state index in [1.165, 1.54) is 13.3 Å². The summed E-state index contributed by atoms with van der Waals surface area (Å²) in [6, 6.07) is 4.96. The highest BCUT2D eigenvalue weighted by Gasteiger charge is 2.47. The van der Waals surface area contributed by atoms with Crippen LogP contribution in [0, 0.1) is 0 Å². The van der Waals surface area contributed by atoms with E-state index < -0.39 is 36.9 Å². The number of methoxy groups -OCH3 is 1. The molecule has 2 aliphatic rings. The number of fused-ring (bicyclic) bond motifs is 1. The van der Waals surface area contributed by atoms with Crippen LogP contribution in [0.2, 0.25) is 0 Å². The van der Waals surface area contributed by atoms with Gasteiger partial charge in [0, 0.05) is 11.8 Å². The highest BCUT2D eigenvalue weighted by atomic mass is 16.7. The molecule has 0 bridgehead atoms. The average molecular weight is 339 g/mol. The van der Waals surface area contributed by atoms with Crippen molar-refractivity contribution in [2.45, 2.75) is 43.9 Å². The van der Waals surface area contributed by atoms with Gasteiger partial charge in [0.25, 0.3) is 0 Å². The minimum absolute atomic E-state index is 0.0642. The maximum atomic E-state index is 10.2. The molecule has 24 heavy (non-hydrogen) atoms. The molecule has 6 atom stereocenters. The number of benzene rings is 1. The van der Waals surface area contributed by atoms with Crippen LogP contribution in [0.4, 0.5) is 0 Å². The van der Waals surface area contributed by atoms with E-state index in [-0.39, 0.29) is 12.4 Å². The van der Waals surface area contributed by atoms with Gasteiger partial charge in [-0.05, 0) is 19.1 Å². The molecule has 1 aromatic carbocycles. The molecule has 3 N–H and O–H groups in total. The van der Waals surface area contributed by atoms with Crippen molar-refractivity contribution in [1.29, 1.82) is 0 Å². The Morgan fingerprint density at radius 1 is 1.25 bits per heavy atom. The number of aliphatic hydroxyl groups is 2. The third-order valence-corrected chi connectivity index (χ3v) is 4.11. The van der Waals surface area contributed by atoms with E-state index in [1.807, 2.05) is 0 Å². The first-order valence-corrected chi connectivity index (χ1v) is 7.69. The van der Waals surface area contributed by atoms with Crippen molar-refractivity contribution in [3.8, 4) is 11.5 Å². The summed E-state index contributed by atoms with van der Waals surface area (Å²) in [5.74, 6) is 0.248. The lowest BCUT2D eigenvalue weighted by atomic mass is 9.97. The maximum Gasteiger partial charge on any atom is 0.177 e. The van der Waals surface area contributed by atoms with Crippen molar-refractivity contribution in [1.82, 2.24) is 0 Å². The van der Waals surface area contributed by atoms with Crippen LogP contribution in [0.1, 0.15) is 12.5 Å². The summed E-state index contributed by atoms with van der Waals surface area (Å²) in [6.07, 6.45) is -3.68. The van der Waals surface area contributed by atoms with Gasteiger partial charge in [-0.3, -0.25) is 4.99 Å². The van der Waals surface area contributed by atoms with Gasteiger partial charge in [0.05, 0.1) is 13.7 Å². The molecule has 0 amide bonds. The molecule has 2 aliphatic heterocycles. The van der Waals surface area contributed by atoms with Crippen LogP contribution in [-0.2, 0) is 14.2 Å². The molecule has 2 heterocycles. The Kier molecular flexibility index (Phi) is 5.02. The van der Waals surface area contributed by atoms with Crippen LogP contribution < -0.4 is 4.74 Å². The number of ether oxygens (including phenoxy) is 4. The number of hydrogen-bond acceptors (Lipinski definition) is 8. The van der Waals surface area contributed by atoms with Gasteiger partial charge in [0.15, 0.2) is 24.0 Å². The fraction of sp³-hybridized carbons (Fsp3) is 0.562. The number of phenolic OH excluding ortho intramolecular Hbond substituents is 1. The van der Waals surface area contributed by atoms with E-state index >= 15 is 0 Å². The van der Waals surface area contributed by atoms with Crippen LogP contribution >= 0.6 is 0 Å². The maximum absolute atomic E-state index is 10.2. The lowest BCUT2D eigenvalue weighted by Gasteiger charge is -2.44. The Bertz CT molecular complexity index is 606. The van der Waals surface area contributed by atoms with E-state index in [9.17, 15) is 15.3 Å². The molecule has 3 rings (SSSR count). The first kappa shape index (κ1) is 17.1. The number of hydrogen-bond donors (Lipinski definition) is 3. The molecule has 6 unspecified atom stereocenters. The van der Waals surface area contributed by atoms with Gasteiger partial charge in [-0.25, -0.2) is 0 Å². The van der Waals surface area contributed by atoms with E-state index in [4.69, 9.17) is 18.9 Å². The topological polar surface area (TPSA) is 110 Å². The predicted octanol–water partition coefficient (Wildman–Crippen LogP) is 0.0278. The number of aliphatic hydroxyl groups excluding tert-OH is 2. The second kappa shape index (κ2) is 7.04. The number of aromatic hydroxyl groups is 1.